The highest BCUT2D eigenvalue weighted by molar-refractivity contribution is 7.99. The molecule has 1 unspecified atom stereocenters. The van der Waals surface area contributed by atoms with Crippen LogP contribution >= 0.6 is 11.8 Å². The van der Waals surface area contributed by atoms with Crippen LogP contribution in [0.25, 0.3) is 0 Å². The Morgan fingerprint density at radius 3 is 2.72 bits per heavy atom. The Labute approximate surface area is 110 Å². The zero-order valence-electron chi connectivity index (χ0n) is 10.2. The molecular formula is C13H17F2NOS. The second kappa shape index (κ2) is 5.55. The number of aliphatic hydroxyl groups excluding tert-OH is 1. The Morgan fingerprint density at radius 2 is 2.17 bits per heavy atom. The van der Waals surface area contributed by atoms with Gasteiger partial charge in [-0.1, -0.05) is 0 Å². The molecule has 2 nitrogen and oxygen atoms in total. The monoisotopic (exact) mass is 273 g/mol. The third kappa shape index (κ3) is 2.84. The maximum atomic E-state index is 13.5. The molecule has 100 valence electrons. The van der Waals surface area contributed by atoms with E-state index in [4.69, 9.17) is 0 Å². The van der Waals surface area contributed by atoms with Gasteiger partial charge in [0, 0.05) is 10.6 Å². The second-order valence-electron chi connectivity index (χ2n) is 4.70. The third-order valence-corrected chi connectivity index (χ3v) is 4.80. The first-order valence-corrected chi connectivity index (χ1v) is 6.97. The van der Waals surface area contributed by atoms with Crippen molar-refractivity contribution in [1.82, 2.24) is 5.32 Å². The van der Waals surface area contributed by atoms with Crippen LogP contribution in [0, 0.1) is 17.6 Å². The molecule has 18 heavy (non-hydrogen) atoms. The van der Waals surface area contributed by atoms with Gasteiger partial charge in [0.2, 0.25) is 0 Å². The molecule has 0 spiro atoms. The highest BCUT2D eigenvalue weighted by Gasteiger charge is 2.43. The fourth-order valence-electron chi connectivity index (χ4n) is 2.08. The van der Waals surface area contributed by atoms with Crippen molar-refractivity contribution in [2.24, 2.45) is 5.92 Å². The molecule has 0 heterocycles. The minimum atomic E-state index is -0.440. The average Bonchev–Trinajstić information content (AvgIpc) is 3.20. The Balaban J connectivity index is 2.07. The van der Waals surface area contributed by atoms with Crippen LogP contribution in [-0.4, -0.2) is 30.1 Å². The van der Waals surface area contributed by atoms with Gasteiger partial charge >= 0.3 is 0 Å². The van der Waals surface area contributed by atoms with Gasteiger partial charge in [-0.25, -0.2) is 8.78 Å². The fraction of sp³-hybridized carbons (Fsp3) is 0.538. The van der Waals surface area contributed by atoms with Crippen LogP contribution in [-0.2, 0) is 0 Å². The van der Waals surface area contributed by atoms with Gasteiger partial charge in [0.05, 0.1) is 12.1 Å². The lowest BCUT2D eigenvalue weighted by Crippen LogP contribution is -2.51. The van der Waals surface area contributed by atoms with E-state index in [9.17, 15) is 13.9 Å². The summed E-state index contributed by atoms with van der Waals surface area (Å²) in [4.78, 5) is 0.295. The zero-order chi connectivity index (χ0) is 13.2. The summed E-state index contributed by atoms with van der Waals surface area (Å²) in [5, 5.41) is 12.7. The number of nitrogens with one attached hydrogen (secondary N) is 1. The van der Waals surface area contributed by atoms with Gasteiger partial charge in [-0.15, -0.1) is 11.8 Å². The molecule has 0 aliphatic heterocycles. The van der Waals surface area contributed by atoms with Crippen molar-refractivity contribution in [1.29, 1.82) is 0 Å². The standard InChI is InChI=1S/C13H17F2NOS/c1-16-13(7-17,9-2-3-9)8-18-12-6-10(14)4-5-11(12)15/h4-6,9,16-17H,2-3,7-8H2,1H3. The van der Waals surface area contributed by atoms with Crippen molar-refractivity contribution in [2.45, 2.75) is 23.3 Å². The van der Waals surface area contributed by atoms with E-state index in [1.807, 2.05) is 0 Å². The average molecular weight is 273 g/mol. The molecule has 1 saturated carbocycles. The zero-order valence-corrected chi connectivity index (χ0v) is 11.1. The van der Waals surface area contributed by atoms with Crippen LogP contribution in [0.4, 0.5) is 8.78 Å². The summed E-state index contributed by atoms with van der Waals surface area (Å²) >= 11 is 1.25. The number of likely N-dealkylation sites (N-methyl/N-ethyl adjacent to an activating group) is 1. The number of rotatable bonds is 6. The molecule has 1 aliphatic carbocycles. The second-order valence-corrected chi connectivity index (χ2v) is 5.72. The smallest absolute Gasteiger partial charge is 0.136 e. The summed E-state index contributed by atoms with van der Waals surface area (Å²) in [5.41, 5.74) is -0.385. The molecule has 0 aromatic heterocycles. The molecule has 1 aromatic carbocycles. The molecule has 0 radical (unpaired) electrons. The lowest BCUT2D eigenvalue weighted by atomic mass is 9.97. The number of hydrogen-bond acceptors (Lipinski definition) is 3. The maximum absolute atomic E-state index is 13.5. The van der Waals surface area contributed by atoms with Crippen LogP contribution in [0.1, 0.15) is 12.8 Å². The third-order valence-electron chi connectivity index (χ3n) is 3.52. The largest absolute Gasteiger partial charge is 0.394 e. The van der Waals surface area contributed by atoms with E-state index >= 15 is 0 Å². The molecule has 1 atom stereocenters. The van der Waals surface area contributed by atoms with Gasteiger partial charge < -0.3 is 10.4 Å². The van der Waals surface area contributed by atoms with Crippen LogP contribution in [0.3, 0.4) is 0 Å². The Hall–Kier alpha value is -0.650. The van der Waals surface area contributed by atoms with E-state index in [0.29, 0.717) is 16.6 Å². The molecule has 5 heteroatoms. The van der Waals surface area contributed by atoms with Crippen molar-refractivity contribution in [2.75, 3.05) is 19.4 Å². The Bertz CT molecular complexity index is 419. The molecule has 0 saturated heterocycles. The van der Waals surface area contributed by atoms with Crippen molar-refractivity contribution in [3.05, 3.63) is 29.8 Å². The fourth-order valence-corrected chi connectivity index (χ4v) is 3.36. The van der Waals surface area contributed by atoms with Gasteiger partial charge in [-0.3, -0.25) is 0 Å². The van der Waals surface area contributed by atoms with Crippen LogP contribution in [0.2, 0.25) is 0 Å². The van der Waals surface area contributed by atoms with Crippen LogP contribution in [0.15, 0.2) is 23.1 Å². The topological polar surface area (TPSA) is 32.3 Å². The number of thioether (sulfide) groups is 1. The number of hydrogen-bond donors (Lipinski definition) is 2. The minimum absolute atomic E-state index is 0.0120. The molecule has 1 fully saturated rings. The molecule has 2 rings (SSSR count). The van der Waals surface area contributed by atoms with E-state index in [-0.39, 0.29) is 12.1 Å². The first-order valence-electron chi connectivity index (χ1n) is 5.99. The highest BCUT2D eigenvalue weighted by Crippen LogP contribution is 2.42. The van der Waals surface area contributed by atoms with E-state index in [0.717, 1.165) is 25.0 Å². The summed E-state index contributed by atoms with van der Waals surface area (Å²) in [6, 6.07) is 3.44. The predicted octanol–water partition coefficient (Wildman–Crippen LogP) is 2.42. The lowest BCUT2D eigenvalue weighted by molar-refractivity contribution is 0.167. The Morgan fingerprint density at radius 1 is 1.44 bits per heavy atom. The van der Waals surface area contributed by atoms with Crippen LogP contribution in [0.5, 0.6) is 0 Å². The summed E-state index contributed by atoms with van der Waals surface area (Å²) in [7, 11) is 1.80. The normalized spacial score (nSPS) is 18.7. The lowest BCUT2D eigenvalue weighted by Gasteiger charge is -2.31. The Kier molecular flexibility index (Phi) is 4.25. The first-order chi connectivity index (χ1) is 8.61. The molecule has 0 amide bonds. The van der Waals surface area contributed by atoms with Gasteiger partial charge in [-0.2, -0.15) is 0 Å². The summed E-state index contributed by atoms with van der Waals surface area (Å²) in [6.07, 6.45) is 2.15. The predicted molar refractivity (Wildman–Crippen MR) is 68.7 cm³/mol. The molecular weight excluding hydrogens is 256 g/mol. The van der Waals surface area contributed by atoms with Crippen molar-refractivity contribution in [3.63, 3.8) is 0 Å². The van der Waals surface area contributed by atoms with Gasteiger partial charge in [0.15, 0.2) is 0 Å². The molecule has 2 N–H and O–H groups in total. The first kappa shape index (κ1) is 13.8. The summed E-state index contributed by atoms with van der Waals surface area (Å²) < 4.78 is 26.6. The number of benzene rings is 1. The molecule has 0 bridgehead atoms. The summed E-state index contributed by atoms with van der Waals surface area (Å²) in [6.45, 7) is 0.0120. The van der Waals surface area contributed by atoms with Gasteiger partial charge in [0.1, 0.15) is 11.6 Å². The van der Waals surface area contributed by atoms with E-state index in [1.54, 1.807) is 7.05 Å². The quantitative estimate of drug-likeness (QED) is 0.781. The highest BCUT2D eigenvalue weighted by atomic mass is 32.2. The van der Waals surface area contributed by atoms with E-state index in [1.165, 1.54) is 17.8 Å². The molecule has 1 aliphatic rings. The maximum Gasteiger partial charge on any atom is 0.136 e. The number of halogens is 2. The number of aliphatic hydroxyl groups is 1. The van der Waals surface area contributed by atoms with Gasteiger partial charge in [0.25, 0.3) is 0 Å². The van der Waals surface area contributed by atoms with E-state index < -0.39 is 11.6 Å². The minimum Gasteiger partial charge on any atom is -0.394 e. The van der Waals surface area contributed by atoms with Gasteiger partial charge in [-0.05, 0) is 44.0 Å². The van der Waals surface area contributed by atoms with Crippen LogP contribution < -0.4 is 5.32 Å². The van der Waals surface area contributed by atoms with Crippen molar-refractivity contribution >= 4 is 11.8 Å². The van der Waals surface area contributed by atoms with Crippen molar-refractivity contribution < 1.29 is 13.9 Å². The van der Waals surface area contributed by atoms with Crippen molar-refractivity contribution in [3.8, 4) is 0 Å². The SMILES string of the molecule is CNC(CO)(CSc1cc(F)ccc1F)C1CC1. The molecule has 1 aromatic rings. The summed E-state index contributed by atoms with van der Waals surface area (Å²) in [5.74, 6) is 0.103. The van der Waals surface area contributed by atoms with E-state index in [2.05, 4.69) is 5.32 Å².